The molecule has 0 aliphatic rings. The predicted molar refractivity (Wildman–Crippen MR) is 70.2 cm³/mol. The van der Waals surface area contributed by atoms with Gasteiger partial charge in [-0.3, -0.25) is 0 Å². The molecule has 0 aliphatic heterocycles. The van der Waals surface area contributed by atoms with Crippen LogP contribution in [0, 0.1) is 5.92 Å². The Balaban J connectivity index is 2.67. The number of rotatable bonds is 5. The van der Waals surface area contributed by atoms with Crippen LogP contribution in [-0.2, 0) is 4.74 Å². The van der Waals surface area contributed by atoms with E-state index in [0.29, 0.717) is 23.8 Å². The van der Waals surface area contributed by atoms with E-state index in [1.807, 2.05) is 0 Å². The summed E-state index contributed by atoms with van der Waals surface area (Å²) in [4.78, 5) is 11.8. The summed E-state index contributed by atoms with van der Waals surface area (Å²) in [5.41, 5.74) is 6.35. The van der Waals surface area contributed by atoms with Gasteiger partial charge in [-0.2, -0.15) is 0 Å². The maximum atomic E-state index is 11.8. The molecule has 0 saturated heterocycles. The second kappa shape index (κ2) is 6.50. The fraction of sp³-hybridized carbons (Fsp3) is 0.462. The zero-order valence-corrected chi connectivity index (χ0v) is 11.0. The number of carbonyl (C=O) groups excluding carboxylic acids is 1. The molecule has 94 valence electrons. The van der Waals surface area contributed by atoms with Crippen molar-refractivity contribution in [2.75, 3.05) is 12.3 Å². The van der Waals surface area contributed by atoms with E-state index in [-0.39, 0.29) is 5.02 Å². The highest BCUT2D eigenvalue weighted by Gasteiger charge is 2.15. The Hall–Kier alpha value is -1.22. The van der Waals surface area contributed by atoms with E-state index < -0.39 is 5.97 Å². The van der Waals surface area contributed by atoms with Gasteiger partial charge >= 0.3 is 5.97 Å². The molecule has 17 heavy (non-hydrogen) atoms. The minimum Gasteiger partial charge on any atom is -0.462 e. The summed E-state index contributed by atoms with van der Waals surface area (Å²) >= 11 is 5.95. The number of nitrogen functional groups attached to an aromatic ring is 1. The van der Waals surface area contributed by atoms with Crippen molar-refractivity contribution in [1.82, 2.24) is 0 Å². The molecule has 1 aromatic rings. The third-order valence-corrected chi connectivity index (χ3v) is 3.28. The molecule has 0 amide bonds. The zero-order valence-electron chi connectivity index (χ0n) is 10.2. The molecule has 0 aromatic heterocycles. The van der Waals surface area contributed by atoms with E-state index in [4.69, 9.17) is 22.1 Å². The molecule has 1 aromatic carbocycles. The van der Waals surface area contributed by atoms with Crippen molar-refractivity contribution in [1.29, 1.82) is 0 Å². The number of hydrogen-bond acceptors (Lipinski definition) is 3. The van der Waals surface area contributed by atoms with Gasteiger partial charge in [-0.25, -0.2) is 4.79 Å². The highest BCUT2D eigenvalue weighted by molar-refractivity contribution is 6.36. The summed E-state index contributed by atoms with van der Waals surface area (Å²) < 4.78 is 5.23. The van der Waals surface area contributed by atoms with Gasteiger partial charge in [0.15, 0.2) is 0 Å². The van der Waals surface area contributed by atoms with Crippen molar-refractivity contribution in [2.45, 2.75) is 26.7 Å². The van der Waals surface area contributed by atoms with E-state index in [9.17, 15) is 4.79 Å². The first-order chi connectivity index (χ1) is 8.10. The van der Waals surface area contributed by atoms with Gasteiger partial charge in [-0.15, -0.1) is 0 Å². The Morgan fingerprint density at radius 2 is 2.06 bits per heavy atom. The van der Waals surface area contributed by atoms with Crippen molar-refractivity contribution in [3.8, 4) is 0 Å². The maximum absolute atomic E-state index is 11.8. The molecule has 0 bridgehead atoms. The zero-order chi connectivity index (χ0) is 12.8. The van der Waals surface area contributed by atoms with Crippen LogP contribution in [0.2, 0.25) is 5.02 Å². The van der Waals surface area contributed by atoms with Gasteiger partial charge in [-0.05, 0) is 18.1 Å². The fourth-order valence-corrected chi connectivity index (χ4v) is 1.71. The second-order valence-electron chi connectivity index (χ2n) is 3.99. The Morgan fingerprint density at radius 3 is 2.65 bits per heavy atom. The van der Waals surface area contributed by atoms with E-state index in [2.05, 4.69) is 13.8 Å². The highest BCUT2D eigenvalue weighted by Crippen LogP contribution is 2.24. The first kappa shape index (κ1) is 13.8. The van der Waals surface area contributed by atoms with Crippen LogP contribution >= 0.6 is 11.6 Å². The van der Waals surface area contributed by atoms with Crippen LogP contribution in [0.15, 0.2) is 18.2 Å². The number of nitrogens with two attached hydrogens (primary N) is 1. The molecule has 1 rings (SSSR count). The van der Waals surface area contributed by atoms with Crippen LogP contribution in [-0.4, -0.2) is 12.6 Å². The number of hydrogen-bond donors (Lipinski definition) is 1. The lowest BCUT2D eigenvalue weighted by Crippen LogP contribution is -2.14. The normalized spacial score (nSPS) is 10.6. The minimum absolute atomic E-state index is 0.266. The van der Waals surface area contributed by atoms with Gasteiger partial charge in [-0.1, -0.05) is 44.4 Å². The lowest BCUT2D eigenvalue weighted by molar-refractivity contribution is 0.0433. The number of esters is 1. The predicted octanol–water partition coefficient (Wildman–Crippen LogP) is 3.52. The fourth-order valence-electron chi connectivity index (χ4n) is 1.50. The molecular weight excluding hydrogens is 238 g/mol. The van der Waals surface area contributed by atoms with Crippen LogP contribution in [0.3, 0.4) is 0 Å². The summed E-state index contributed by atoms with van der Waals surface area (Å²) in [5, 5.41) is 0.266. The molecule has 3 nitrogen and oxygen atoms in total. The van der Waals surface area contributed by atoms with Crippen molar-refractivity contribution in [3.05, 3.63) is 28.8 Å². The third kappa shape index (κ3) is 3.63. The maximum Gasteiger partial charge on any atom is 0.339 e. The molecule has 0 saturated carbocycles. The molecule has 0 fully saturated rings. The molecule has 2 N–H and O–H groups in total. The third-order valence-electron chi connectivity index (χ3n) is 2.85. The smallest absolute Gasteiger partial charge is 0.339 e. The van der Waals surface area contributed by atoms with E-state index in [0.717, 1.165) is 12.8 Å². The van der Waals surface area contributed by atoms with Gasteiger partial charge in [0, 0.05) is 0 Å². The summed E-state index contributed by atoms with van der Waals surface area (Å²) in [6.45, 7) is 4.59. The molecule has 0 heterocycles. The quantitative estimate of drug-likeness (QED) is 0.647. The van der Waals surface area contributed by atoms with Gasteiger partial charge in [0.2, 0.25) is 0 Å². The summed E-state index contributed by atoms with van der Waals surface area (Å²) in [6.07, 6.45) is 1.99. The van der Waals surface area contributed by atoms with E-state index in [1.54, 1.807) is 18.2 Å². The van der Waals surface area contributed by atoms with Crippen molar-refractivity contribution < 1.29 is 9.53 Å². The summed E-state index contributed by atoms with van der Waals surface area (Å²) in [5.74, 6) is -0.00650. The number of benzene rings is 1. The lowest BCUT2D eigenvalue weighted by atomic mass is 10.1. The molecular formula is C13H18ClNO2. The monoisotopic (exact) mass is 255 g/mol. The number of halogens is 1. The van der Waals surface area contributed by atoms with E-state index in [1.165, 1.54) is 0 Å². The van der Waals surface area contributed by atoms with E-state index >= 15 is 0 Å². The van der Waals surface area contributed by atoms with Crippen LogP contribution in [0.4, 0.5) is 5.69 Å². The molecule has 0 atom stereocenters. The van der Waals surface area contributed by atoms with Gasteiger partial charge in [0.1, 0.15) is 0 Å². The molecule has 0 radical (unpaired) electrons. The minimum atomic E-state index is -0.408. The lowest BCUT2D eigenvalue weighted by Gasteiger charge is -2.13. The van der Waals surface area contributed by atoms with Gasteiger partial charge < -0.3 is 10.5 Å². The first-order valence-electron chi connectivity index (χ1n) is 5.81. The Bertz CT molecular complexity index is 389. The van der Waals surface area contributed by atoms with Crippen LogP contribution in [0.1, 0.15) is 37.0 Å². The topological polar surface area (TPSA) is 52.3 Å². The average Bonchev–Trinajstić information content (AvgIpc) is 2.33. The first-order valence-corrected chi connectivity index (χ1v) is 6.19. The summed E-state index contributed by atoms with van der Waals surface area (Å²) in [6, 6.07) is 4.96. The Morgan fingerprint density at radius 1 is 1.41 bits per heavy atom. The van der Waals surface area contributed by atoms with Gasteiger partial charge in [0.05, 0.1) is 22.9 Å². The number of anilines is 1. The van der Waals surface area contributed by atoms with Crippen molar-refractivity contribution in [3.63, 3.8) is 0 Å². The van der Waals surface area contributed by atoms with Crippen LogP contribution in [0.5, 0.6) is 0 Å². The number of carbonyl (C=O) groups is 1. The Labute approximate surface area is 107 Å². The summed E-state index contributed by atoms with van der Waals surface area (Å²) in [7, 11) is 0. The Kier molecular flexibility index (Phi) is 5.29. The molecule has 0 unspecified atom stereocenters. The molecule has 0 spiro atoms. The molecule has 0 aliphatic carbocycles. The highest BCUT2D eigenvalue weighted by atomic mass is 35.5. The average molecular weight is 256 g/mol. The largest absolute Gasteiger partial charge is 0.462 e. The van der Waals surface area contributed by atoms with Crippen molar-refractivity contribution >= 4 is 23.3 Å². The van der Waals surface area contributed by atoms with Gasteiger partial charge in [0.25, 0.3) is 0 Å². The van der Waals surface area contributed by atoms with Crippen LogP contribution in [0.25, 0.3) is 0 Å². The standard InChI is InChI=1S/C13H18ClNO2/c1-3-9(4-2)8-17-13(16)10-6-5-7-11(15)12(10)14/h5-7,9H,3-4,8,15H2,1-2H3. The second-order valence-corrected chi connectivity index (χ2v) is 4.37. The SMILES string of the molecule is CCC(CC)COC(=O)c1cccc(N)c1Cl. The number of ether oxygens (including phenoxy) is 1. The van der Waals surface area contributed by atoms with Crippen molar-refractivity contribution in [2.24, 2.45) is 5.92 Å². The molecule has 4 heteroatoms. The van der Waals surface area contributed by atoms with Crippen LogP contribution < -0.4 is 5.73 Å².